The maximum atomic E-state index is 12.7. The van der Waals surface area contributed by atoms with Gasteiger partial charge in [-0.3, -0.25) is 9.59 Å². The second kappa shape index (κ2) is 9.20. The van der Waals surface area contributed by atoms with Crippen molar-refractivity contribution in [3.8, 4) is 0 Å². The molecule has 0 aliphatic heterocycles. The van der Waals surface area contributed by atoms with E-state index in [1.54, 1.807) is 36.2 Å². The zero-order valence-electron chi connectivity index (χ0n) is 15.6. The fourth-order valence-corrected chi connectivity index (χ4v) is 3.08. The summed E-state index contributed by atoms with van der Waals surface area (Å²) in [6.07, 6.45) is 0.682. The van der Waals surface area contributed by atoms with E-state index in [9.17, 15) is 9.59 Å². The molecule has 28 heavy (non-hydrogen) atoms. The van der Waals surface area contributed by atoms with E-state index >= 15 is 0 Å². The van der Waals surface area contributed by atoms with E-state index in [2.05, 4.69) is 5.32 Å². The van der Waals surface area contributed by atoms with Crippen LogP contribution in [0.4, 0.5) is 5.69 Å². The van der Waals surface area contributed by atoms with Gasteiger partial charge in [-0.25, -0.2) is 0 Å². The summed E-state index contributed by atoms with van der Waals surface area (Å²) in [6, 6.07) is 23.7. The van der Waals surface area contributed by atoms with Crippen molar-refractivity contribution in [3.05, 3.63) is 101 Å². The van der Waals surface area contributed by atoms with Crippen molar-refractivity contribution >= 4 is 29.1 Å². The number of halogens is 1. The molecule has 3 aromatic carbocycles. The molecule has 3 aromatic rings. The molecule has 0 aliphatic carbocycles. The third-order valence-corrected chi connectivity index (χ3v) is 4.64. The van der Waals surface area contributed by atoms with Crippen LogP contribution in [0.5, 0.6) is 0 Å². The molecule has 5 heteroatoms. The Morgan fingerprint density at radius 1 is 0.893 bits per heavy atom. The first kappa shape index (κ1) is 19.6. The smallest absolute Gasteiger partial charge is 0.258 e. The lowest BCUT2D eigenvalue weighted by Gasteiger charge is -2.17. The molecule has 0 spiro atoms. The third-order valence-electron chi connectivity index (χ3n) is 4.41. The van der Waals surface area contributed by atoms with Gasteiger partial charge >= 0.3 is 0 Å². The minimum Gasteiger partial charge on any atom is -0.352 e. The third kappa shape index (κ3) is 4.99. The second-order valence-corrected chi connectivity index (χ2v) is 6.85. The van der Waals surface area contributed by atoms with Gasteiger partial charge in [0.1, 0.15) is 0 Å². The van der Waals surface area contributed by atoms with Crippen molar-refractivity contribution < 1.29 is 9.59 Å². The standard InChI is InChI=1S/C23H21ClN2O2/c1-26(21-11-3-2-4-12-21)23(28)19-9-6-8-18(16-19)22(27)25-14-13-17-7-5-10-20(24)15-17/h2-12,15-16H,13-14H2,1H3,(H,25,27). The van der Waals surface area contributed by atoms with E-state index in [1.807, 2.05) is 54.6 Å². The van der Waals surface area contributed by atoms with E-state index in [0.29, 0.717) is 29.1 Å². The summed E-state index contributed by atoms with van der Waals surface area (Å²) in [5, 5.41) is 3.57. The topological polar surface area (TPSA) is 49.4 Å². The van der Waals surface area contributed by atoms with Crippen LogP contribution in [0, 0.1) is 0 Å². The lowest BCUT2D eigenvalue weighted by Crippen LogP contribution is -2.28. The number of carbonyl (C=O) groups excluding carboxylic acids is 2. The Kier molecular flexibility index (Phi) is 6.45. The first-order chi connectivity index (χ1) is 13.5. The first-order valence-electron chi connectivity index (χ1n) is 9.00. The van der Waals surface area contributed by atoms with Crippen LogP contribution in [0.25, 0.3) is 0 Å². The number of anilines is 1. The summed E-state index contributed by atoms with van der Waals surface area (Å²) < 4.78 is 0. The molecule has 2 amide bonds. The highest BCUT2D eigenvalue weighted by molar-refractivity contribution is 6.30. The molecule has 0 bridgehead atoms. The molecule has 0 unspecified atom stereocenters. The number of benzene rings is 3. The van der Waals surface area contributed by atoms with Crippen LogP contribution in [0.2, 0.25) is 5.02 Å². The molecule has 0 saturated heterocycles. The fraction of sp³-hybridized carbons (Fsp3) is 0.130. The molecule has 142 valence electrons. The van der Waals surface area contributed by atoms with E-state index in [1.165, 1.54) is 0 Å². The highest BCUT2D eigenvalue weighted by Gasteiger charge is 2.15. The van der Waals surface area contributed by atoms with Crippen molar-refractivity contribution in [3.63, 3.8) is 0 Å². The van der Waals surface area contributed by atoms with E-state index < -0.39 is 0 Å². The second-order valence-electron chi connectivity index (χ2n) is 6.42. The van der Waals surface area contributed by atoms with Gasteiger partial charge in [-0.15, -0.1) is 0 Å². The monoisotopic (exact) mass is 392 g/mol. The average molecular weight is 393 g/mol. The van der Waals surface area contributed by atoms with Crippen molar-refractivity contribution in [1.29, 1.82) is 0 Å². The molecule has 0 fully saturated rings. The summed E-state index contributed by atoms with van der Waals surface area (Å²) >= 11 is 5.98. The molecule has 3 rings (SSSR count). The molecule has 1 N–H and O–H groups in total. The Hall–Kier alpha value is -3.11. The van der Waals surface area contributed by atoms with E-state index in [0.717, 1.165) is 11.3 Å². The lowest BCUT2D eigenvalue weighted by molar-refractivity contribution is 0.0954. The average Bonchev–Trinajstić information content (AvgIpc) is 2.73. The Morgan fingerprint density at radius 3 is 2.36 bits per heavy atom. The molecular weight excluding hydrogens is 372 g/mol. The van der Waals surface area contributed by atoms with Gasteiger partial charge in [-0.2, -0.15) is 0 Å². The molecular formula is C23H21ClN2O2. The summed E-state index contributed by atoms with van der Waals surface area (Å²) in [5.41, 5.74) is 2.78. The summed E-state index contributed by atoms with van der Waals surface area (Å²) in [4.78, 5) is 26.8. The van der Waals surface area contributed by atoms with Gasteiger partial charge < -0.3 is 10.2 Å². The Labute approximate surface area is 169 Å². The zero-order valence-corrected chi connectivity index (χ0v) is 16.3. The van der Waals surface area contributed by atoms with Crippen LogP contribution in [-0.2, 0) is 6.42 Å². The van der Waals surface area contributed by atoms with Gasteiger partial charge in [-0.05, 0) is 54.4 Å². The predicted molar refractivity (Wildman–Crippen MR) is 113 cm³/mol. The first-order valence-corrected chi connectivity index (χ1v) is 9.38. The SMILES string of the molecule is CN(C(=O)c1cccc(C(=O)NCCc2cccc(Cl)c2)c1)c1ccccc1. The summed E-state index contributed by atoms with van der Waals surface area (Å²) in [7, 11) is 1.72. The van der Waals surface area contributed by atoms with E-state index in [4.69, 9.17) is 11.6 Å². The van der Waals surface area contributed by atoms with Gasteiger partial charge in [0, 0.05) is 35.4 Å². The number of para-hydroxylation sites is 1. The van der Waals surface area contributed by atoms with Crippen molar-refractivity contribution in [2.45, 2.75) is 6.42 Å². The quantitative estimate of drug-likeness (QED) is 0.667. The van der Waals surface area contributed by atoms with Gasteiger partial charge in [0.2, 0.25) is 0 Å². The number of rotatable bonds is 6. The van der Waals surface area contributed by atoms with Gasteiger partial charge in [-0.1, -0.05) is 48.0 Å². The number of nitrogens with zero attached hydrogens (tertiary/aromatic N) is 1. The van der Waals surface area contributed by atoms with Crippen molar-refractivity contribution in [1.82, 2.24) is 5.32 Å². The molecule has 0 saturated carbocycles. The van der Waals surface area contributed by atoms with Crippen LogP contribution in [-0.4, -0.2) is 25.4 Å². The zero-order chi connectivity index (χ0) is 19.9. The molecule has 4 nitrogen and oxygen atoms in total. The van der Waals surface area contributed by atoms with Crippen molar-refractivity contribution in [2.24, 2.45) is 0 Å². The fourth-order valence-electron chi connectivity index (χ4n) is 2.87. The Balaban J connectivity index is 1.63. The number of hydrogen-bond acceptors (Lipinski definition) is 2. The Morgan fingerprint density at radius 2 is 1.61 bits per heavy atom. The van der Waals surface area contributed by atoms with Gasteiger partial charge in [0.05, 0.1) is 0 Å². The molecule has 0 atom stereocenters. The highest BCUT2D eigenvalue weighted by atomic mass is 35.5. The number of hydrogen-bond donors (Lipinski definition) is 1. The maximum Gasteiger partial charge on any atom is 0.258 e. The predicted octanol–water partition coefficient (Wildman–Crippen LogP) is 4.59. The van der Waals surface area contributed by atoms with Crippen LogP contribution < -0.4 is 10.2 Å². The molecule has 0 heterocycles. The van der Waals surface area contributed by atoms with Gasteiger partial charge in [0.25, 0.3) is 11.8 Å². The number of amides is 2. The highest BCUT2D eigenvalue weighted by Crippen LogP contribution is 2.16. The molecule has 0 radical (unpaired) electrons. The number of carbonyl (C=O) groups is 2. The molecule has 0 aliphatic rings. The van der Waals surface area contributed by atoms with Gasteiger partial charge in [0.15, 0.2) is 0 Å². The minimum atomic E-state index is -0.209. The lowest BCUT2D eigenvalue weighted by atomic mass is 10.1. The molecule has 0 aromatic heterocycles. The number of nitrogens with one attached hydrogen (secondary N) is 1. The summed E-state index contributed by atoms with van der Waals surface area (Å²) in [5.74, 6) is -0.376. The van der Waals surface area contributed by atoms with Crippen LogP contribution in [0.3, 0.4) is 0 Å². The van der Waals surface area contributed by atoms with Crippen LogP contribution in [0.15, 0.2) is 78.9 Å². The van der Waals surface area contributed by atoms with Crippen LogP contribution in [0.1, 0.15) is 26.3 Å². The van der Waals surface area contributed by atoms with E-state index in [-0.39, 0.29) is 11.8 Å². The minimum absolute atomic E-state index is 0.167. The normalized spacial score (nSPS) is 10.4. The maximum absolute atomic E-state index is 12.7. The van der Waals surface area contributed by atoms with Crippen LogP contribution >= 0.6 is 11.6 Å². The largest absolute Gasteiger partial charge is 0.352 e. The summed E-state index contributed by atoms with van der Waals surface area (Å²) in [6.45, 7) is 0.487. The Bertz CT molecular complexity index is 973. The van der Waals surface area contributed by atoms with Crippen molar-refractivity contribution in [2.75, 3.05) is 18.5 Å².